The van der Waals surface area contributed by atoms with Crippen LogP contribution in [0.25, 0.3) is 0 Å². The number of carbonyl (C=O) groups is 2. The van der Waals surface area contributed by atoms with Gasteiger partial charge in [-0.2, -0.15) is 0 Å². The van der Waals surface area contributed by atoms with Crippen molar-refractivity contribution < 1.29 is 14.3 Å². The number of carbonyl (C=O) groups excluding carboxylic acids is 2. The number of benzene rings is 1. The summed E-state index contributed by atoms with van der Waals surface area (Å²) in [5.74, 6) is 0.337. The van der Waals surface area contributed by atoms with Gasteiger partial charge >= 0.3 is 6.09 Å². The summed E-state index contributed by atoms with van der Waals surface area (Å²) < 4.78 is 5.30. The quantitative estimate of drug-likeness (QED) is 0.857. The molecule has 22 heavy (non-hydrogen) atoms. The van der Waals surface area contributed by atoms with E-state index in [0.29, 0.717) is 6.42 Å². The maximum Gasteiger partial charge on any atom is 0.407 e. The molecule has 0 radical (unpaired) electrons. The number of rotatable bonds is 4. The molecule has 1 aromatic rings. The highest BCUT2D eigenvalue weighted by molar-refractivity contribution is 5.96. The minimum atomic E-state index is -0.502. The van der Waals surface area contributed by atoms with Crippen molar-refractivity contribution in [2.24, 2.45) is 5.92 Å². The van der Waals surface area contributed by atoms with Crippen LogP contribution in [0.2, 0.25) is 0 Å². The minimum absolute atomic E-state index is 0.0301. The molecule has 1 aliphatic rings. The summed E-state index contributed by atoms with van der Waals surface area (Å²) in [6.45, 7) is 5.53. The molecule has 2 atom stereocenters. The molecule has 4 nitrogen and oxygen atoms in total. The van der Waals surface area contributed by atoms with Crippen molar-refractivity contribution in [3.05, 3.63) is 35.9 Å². The Hall–Kier alpha value is -1.84. The maximum absolute atomic E-state index is 12.3. The van der Waals surface area contributed by atoms with Gasteiger partial charge in [0.05, 0.1) is 0 Å². The number of Topliss-reactive ketones (excluding diaryl/α,β-unsaturated/α-hetero) is 1. The number of hydrogen-bond acceptors (Lipinski definition) is 3. The van der Waals surface area contributed by atoms with Gasteiger partial charge in [-0.05, 0) is 39.5 Å². The van der Waals surface area contributed by atoms with Gasteiger partial charge in [0, 0.05) is 18.0 Å². The molecule has 1 aliphatic carbocycles. The molecular weight excluding hydrogens is 278 g/mol. The first-order chi connectivity index (χ1) is 10.3. The van der Waals surface area contributed by atoms with Crippen LogP contribution in [0.5, 0.6) is 0 Å². The van der Waals surface area contributed by atoms with Crippen LogP contribution in [0.1, 0.15) is 56.8 Å². The number of ketones is 1. The summed E-state index contributed by atoms with van der Waals surface area (Å²) in [5, 5.41) is 2.93. The molecule has 1 amide bonds. The van der Waals surface area contributed by atoms with Crippen LogP contribution in [0, 0.1) is 5.92 Å². The summed E-state index contributed by atoms with van der Waals surface area (Å²) in [6, 6.07) is 9.36. The van der Waals surface area contributed by atoms with E-state index in [-0.39, 0.29) is 17.7 Å². The second kappa shape index (κ2) is 6.95. The van der Waals surface area contributed by atoms with Crippen LogP contribution >= 0.6 is 0 Å². The fourth-order valence-corrected chi connectivity index (χ4v) is 2.91. The highest BCUT2D eigenvalue weighted by Gasteiger charge is 2.31. The van der Waals surface area contributed by atoms with Gasteiger partial charge in [0.15, 0.2) is 5.78 Å². The Labute approximate surface area is 132 Å². The molecule has 0 heterocycles. The van der Waals surface area contributed by atoms with Crippen molar-refractivity contribution in [3.8, 4) is 0 Å². The smallest absolute Gasteiger partial charge is 0.407 e. The Morgan fingerprint density at radius 1 is 1.18 bits per heavy atom. The number of nitrogens with one attached hydrogen (secondary N) is 1. The Kier molecular flexibility index (Phi) is 5.22. The molecular formula is C18H25NO3. The topological polar surface area (TPSA) is 55.4 Å². The van der Waals surface area contributed by atoms with Crippen LogP contribution in [0.4, 0.5) is 4.79 Å². The molecule has 0 unspecified atom stereocenters. The van der Waals surface area contributed by atoms with Gasteiger partial charge in [0.25, 0.3) is 0 Å². The molecule has 4 heteroatoms. The minimum Gasteiger partial charge on any atom is -0.444 e. The molecule has 1 saturated carbocycles. The first-order valence-corrected chi connectivity index (χ1v) is 7.93. The summed E-state index contributed by atoms with van der Waals surface area (Å²) in [7, 11) is 0. The second-order valence-electron chi connectivity index (χ2n) is 6.94. The van der Waals surface area contributed by atoms with E-state index in [2.05, 4.69) is 5.32 Å². The van der Waals surface area contributed by atoms with Gasteiger partial charge in [0.1, 0.15) is 5.60 Å². The third-order valence-corrected chi connectivity index (χ3v) is 3.90. The maximum atomic E-state index is 12.3. The standard InChI is InChI=1S/C18H25NO3/c1-18(2,3)22-17(21)19-15-11-7-10-14(15)12-16(20)13-8-5-4-6-9-13/h4-6,8-9,14-15H,7,10-12H2,1-3H3,(H,19,21)/t14-,15-/m1/s1. The lowest BCUT2D eigenvalue weighted by atomic mass is 9.94. The van der Waals surface area contributed by atoms with Gasteiger partial charge in [-0.1, -0.05) is 36.8 Å². The molecule has 0 aliphatic heterocycles. The Morgan fingerprint density at radius 3 is 2.50 bits per heavy atom. The van der Waals surface area contributed by atoms with Crippen LogP contribution in [-0.2, 0) is 4.74 Å². The normalized spacial score (nSPS) is 21.4. The average Bonchev–Trinajstić information content (AvgIpc) is 2.84. The zero-order chi connectivity index (χ0) is 16.2. The molecule has 1 N–H and O–H groups in total. The van der Waals surface area contributed by atoms with Gasteiger partial charge in [-0.25, -0.2) is 4.79 Å². The van der Waals surface area contributed by atoms with Crippen molar-refractivity contribution in [2.45, 2.75) is 58.1 Å². The Bertz CT molecular complexity index is 519. The van der Waals surface area contributed by atoms with Gasteiger partial charge in [0.2, 0.25) is 0 Å². The molecule has 0 bridgehead atoms. The van der Waals surface area contributed by atoms with E-state index in [4.69, 9.17) is 4.74 Å². The molecule has 0 spiro atoms. The van der Waals surface area contributed by atoms with Gasteiger partial charge in [-0.3, -0.25) is 4.79 Å². The number of amides is 1. The molecule has 120 valence electrons. The Morgan fingerprint density at radius 2 is 1.86 bits per heavy atom. The lowest BCUT2D eigenvalue weighted by molar-refractivity contribution is 0.0489. The first kappa shape index (κ1) is 16.5. The van der Waals surface area contributed by atoms with Crippen molar-refractivity contribution >= 4 is 11.9 Å². The third kappa shape index (κ3) is 4.86. The second-order valence-corrected chi connectivity index (χ2v) is 6.94. The summed E-state index contributed by atoms with van der Waals surface area (Å²) >= 11 is 0. The SMILES string of the molecule is CC(C)(C)OC(=O)N[C@@H]1CCC[C@@H]1CC(=O)c1ccccc1. The zero-order valence-corrected chi connectivity index (χ0v) is 13.6. The molecule has 2 rings (SSSR count). The van der Waals surface area contributed by atoms with Gasteiger partial charge in [-0.15, -0.1) is 0 Å². The van der Waals surface area contributed by atoms with Crippen molar-refractivity contribution in [1.82, 2.24) is 5.32 Å². The lowest BCUT2D eigenvalue weighted by Gasteiger charge is -2.24. The lowest BCUT2D eigenvalue weighted by Crippen LogP contribution is -2.41. The van der Waals surface area contributed by atoms with Crippen LogP contribution < -0.4 is 5.32 Å². The monoisotopic (exact) mass is 303 g/mol. The largest absolute Gasteiger partial charge is 0.444 e. The van der Waals surface area contributed by atoms with Gasteiger partial charge < -0.3 is 10.1 Å². The van der Waals surface area contributed by atoms with E-state index < -0.39 is 11.7 Å². The average molecular weight is 303 g/mol. The van der Waals surface area contributed by atoms with Crippen molar-refractivity contribution in [2.75, 3.05) is 0 Å². The first-order valence-electron chi connectivity index (χ1n) is 7.93. The van der Waals surface area contributed by atoms with E-state index in [0.717, 1.165) is 24.8 Å². The van der Waals surface area contributed by atoms with Crippen LogP contribution in [0.15, 0.2) is 30.3 Å². The van der Waals surface area contributed by atoms with E-state index in [1.165, 1.54) is 0 Å². The predicted octanol–water partition coefficient (Wildman–Crippen LogP) is 3.95. The molecule has 1 aromatic carbocycles. The summed E-state index contributed by atoms with van der Waals surface area (Å²) in [4.78, 5) is 24.2. The highest BCUT2D eigenvalue weighted by atomic mass is 16.6. The van der Waals surface area contributed by atoms with E-state index in [1.807, 2.05) is 51.1 Å². The van der Waals surface area contributed by atoms with E-state index in [1.54, 1.807) is 0 Å². The fourth-order valence-electron chi connectivity index (χ4n) is 2.91. The Balaban J connectivity index is 1.91. The molecule has 0 saturated heterocycles. The number of ether oxygens (including phenoxy) is 1. The fraction of sp³-hybridized carbons (Fsp3) is 0.556. The van der Waals surface area contributed by atoms with Crippen LogP contribution in [-0.4, -0.2) is 23.5 Å². The highest BCUT2D eigenvalue weighted by Crippen LogP contribution is 2.30. The zero-order valence-electron chi connectivity index (χ0n) is 13.6. The van der Waals surface area contributed by atoms with Crippen molar-refractivity contribution in [3.63, 3.8) is 0 Å². The third-order valence-electron chi connectivity index (χ3n) is 3.90. The number of hydrogen-bond donors (Lipinski definition) is 1. The number of alkyl carbamates (subject to hydrolysis) is 1. The van der Waals surface area contributed by atoms with Crippen molar-refractivity contribution in [1.29, 1.82) is 0 Å². The van der Waals surface area contributed by atoms with Crippen LogP contribution in [0.3, 0.4) is 0 Å². The summed E-state index contributed by atoms with van der Waals surface area (Å²) in [6.07, 6.45) is 3.00. The van der Waals surface area contributed by atoms with E-state index in [9.17, 15) is 9.59 Å². The molecule has 0 aromatic heterocycles. The predicted molar refractivity (Wildman–Crippen MR) is 85.9 cm³/mol. The van der Waals surface area contributed by atoms with E-state index >= 15 is 0 Å². The summed E-state index contributed by atoms with van der Waals surface area (Å²) in [5.41, 5.74) is 0.239. The molecule has 1 fully saturated rings.